The molecule has 0 aliphatic carbocycles. The van der Waals surface area contributed by atoms with Crippen molar-refractivity contribution in [3.05, 3.63) is 102 Å². The van der Waals surface area contributed by atoms with E-state index < -0.39 is 0 Å². The lowest BCUT2D eigenvalue weighted by Gasteiger charge is -2.38. The predicted octanol–water partition coefficient (Wildman–Crippen LogP) is 5.20. The lowest BCUT2D eigenvalue weighted by molar-refractivity contribution is 0.0648. The molecule has 2 aliphatic rings. The smallest absolute Gasteiger partial charge is 0.280 e. The van der Waals surface area contributed by atoms with Gasteiger partial charge in [0, 0.05) is 54.6 Å². The van der Waals surface area contributed by atoms with Crippen molar-refractivity contribution in [3.8, 4) is 0 Å². The quantitative estimate of drug-likeness (QED) is 0.274. The number of hydrazine groups is 1. The number of piperazine rings is 1. The molecule has 0 bridgehead atoms. The van der Waals surface area contributed by atoms with Crippen LogP contribution in [0.15, 0.2) is 85.1 Å². The van der Waals surface area contributed by atoms with Crippen LogP contribution in [0.3, 0.4) is 0 Å². The third kappa shape index (κ3) is 4.59. The molecule has 0 spiro atoms. The predicted molar refractivity (Wildman–Crippen MR) is 156 cm³/mol. The summed E-state index contributed by atoms with van der Waals surface area (Å²) in [6, 6.07) is 25.1. The van der Waals surface area contributed by atoms with Crippen molar-refractivity contribution in [2.24, 2.45) is 0 Å². The van der Waals surface area contributed by atoms with Crippen molar-refractivity contribution in [2.45, 2.75) is 5.75 Å². The number of thiocarbonyl (C=S) groups is 1. The maximum atomic E-state index is 13.4. The Hall–Kier alpha value is -3.95. The summed E-state index contributed by atoms with van der Waals surface area (Å²) < 4.78 is 0.919. The molecule has 2 aliphatic heterocycles. The largest absolute Gasteiger partial charge is 0.367 e. The fourth-order valence-electron chi connectivity index (χ4n) is 4.94. The lowest BCUT2D eigenvalue weighted by atomic mass is 9.93. The van der Waals surface area contributed by atoms with E-state index >= 15 is 0 Å². The monoisotopic (exact) mass is 539 g/mol. The highest BCUT2D eigenvalue weighted by Crippen LogP contribution is 2.36. The van der Waals surface area contributed by atoms with E-state index in [1.165, 1.54) is 5.56 Å². The number of benzene rings is 3. The van der Waals surface area contributed by atoms with E-state index in [0.29, 0.717) is 22.3 Å². The van der Waals surface area contributed by atoms with Gasteiger partial charge in [-0.2, -0.15) is 5.01 Å². The molecular formula is C29H25N5O2S2. The Morgan fingerprint density at radius 2 is 1.58 bits per heavy atom. The van der Waals surface area contributed by atoms with Gasteiger partial charge >= 0.3 is 0 Å². The number of thioether (sulfide) groups is 1. The lowest BCUT2D eigenvalue weighted by Crippen LogP contribution is -2.48. The average molecular weight is 540 g/mol. The second kappa shape index (κ2) is 10.4. The summed E-state index contributed by atoms with van der Waals surface area (Å²) in [5, 5.41) is 2.66. The van der Waals surface area contributed by atoms with Crippen LogP contribution in [0, 0.1) is 0 Å². The molecule has 1 fully saturated rings. The molecule has 190 valence electrons. The molecule has 0 atom stereocenters. The van der Waals surface area contributed by atoms with E-state index in [0.717, 1.165) is 52.3 Å². The molecular weight excluding hydrogens is 514 g/mol. The van der Waals surface area contributed by atoms with Gasteiger partial charge in [-0.3, -0.25) is 15.0 Å². The molecule has 9 heteroatoms. The van der Waals surface area contributed by atoms with E-state index in [-0.39, 0.29) is 11.8 Å². The Morgan fingerprint density at radius 1 is 0.842 bits per heavy atom. The number of aromatic nitrogens is 1. The standard InChI is InChI=1S/C29H25N5O2S2/c35-27-22-10-6-9-21-24(13-12-23(26(21)22)28(36)34(27)31-25-11-4-5-14-30-25)32-15-17-33(18-16-32)29(37)38-19-20-7-2-1-3-8-20/h1-14H,15-19H2,(H,30,31). The Labute approximate surface area is 230 Å². The van der Waals surface area contributed by atoms with E-state index in [2.05, 4.69) is 32.3 Å². The number of rotatable bonds is 5. The van der Waals surface area contributed by atoms with Gasteiger partial charge in [0.05, 0.1) is 11.1 Å². The summed E-state index contributed by atoms with van der Waals surface area (Å²) in [5.41, 5.74) is 6.16. The van der Waals surface area contributed by atoms with Crippen LogP contribution in [-0.2, 0) is 5.75 Å². The van der Waals surface area contributed by atoms with Crippen LogP contribution in [0.25, 0.3) is 10.8 Å². The maximum Gasteiger partial charge on any atom is 0.280 e. The minimum atomic E-state index is -0.387. The first-order chi connectivity index (χ1) is 18.6. The summed E-state index contributed by atoms with van der Waals surface area (Å²) in [5.74, 6) is 0.519. The molecule has 2 amide bonds. The van der Waals surface area contributed by atoms with Gasteiger partial charge < -0.3 is 9.80 Å². The van der Waals surface area contributed by atoms with Gasteiger partial charge in [0.2, 0.25) is 0 Å². The molecule has 1 N–H and O–H groups in total. The topological polar surface area (TPSA) is 68.8 Å². The van der Waals surface area contributed by atoms with Crippen molar-refractivity contribution in [1.82, 2.24) is 14.9 Å². The Kier molecular flexibility index (Phi) is 6.70. The highest BCUT2D eigenvalue weighted by Gasteiger charge is 2.34. The minimum Gasteiger partial charge on any atom is -0.367 e. The number of hydrogen-bond acceptors (Lipinski definition) is 7. The molecule has 0 unspecified atom stereocenters. The number of hydrogen-bond donors (Lipinski definition) is 1. The van der Waals surface area contributed by atoms with E-state index in [9.17, 15) is 9.59 Å². The zero-order valence-corrected chi connectivity index (χ0v) is 22.2. The van der Waals surface area contributed by atoms with E-state index in [1.807, 2.05) is 42.5 Å². The van der Waals surface area contributed by atoms with Crippen molar-refractivity contribution in [1.29, 1.82) is 0 Å². The number of carbonyl (C=O) groups is 2. The molecule has 3 heterocycles. The van der Waals surface area contributed by atoms with Crippen LogP contribution in [0.2, 0.25) is 0 Å². The van der Waals surface area contributed by atoms with Gasteiger partial charge in [-0.25, -0.2) is 4.98 Å². The summed E-state index contributed by atoms with van der Waals surface area (Å²) in [6.07, 6.45) is 1.61. The summed E-state index contributed by atoms with van der Waals surface area (Å²) in [6.45, 7) is 3.26. The number of nitrogens with zero attached hydrogens (tertiary/aromatic N) is 4. The van der Waals surface area contributed by atoms with Gasteiger partial charge in [0.15, 0.2) is 0 Å². The third-order valence-electron chi connectivity index (χ3n) is 6.86. The Morgan fingerprint density at radius 3 is 2.32 bits per heavy atom. The zero-order chi connectivity index (χ0) is 26.1. The van der Waals surface area contributed by atoms with E-state index in [1.54, 1.807) is 42.2 Å². The molecule has 4 aromatic rings. The summed E-state index contributed by atoms with van der Waals surface area (Å²) >= 11 is 7.43. The van der Waals surface area contributed by atoms with Gasteiger partial charge in [-0.05, 0) is 35.9 Å². The van der Waals surface area contributed by atoms with Crippen molar-refractivity contribution in [2.75, 3.05) is 36.5 Å². The fraction of sp³-hybridized carbons (Fsp3) is 0.172. The van der Waals surface area contributed by atoms with Crippen LogP contribution in [-0.4, -0.2) is 57.2 Å². The molecule has 1 aromatic heterocycles. The maximum absolute atomic E-state index is 13.4. The van der Waals surface area contributed by atoms with Gasteiger partial charge in [0.1, 0.15) is 10.1 Å². The van der Waals surface area contributed by atoms with Crippen molar-refractivity contribution >= 4 is 62.4 Å². The highest BCUT2D eigenvalue weighted by molar-refractivity contribution is 8.22. The number of carbonyl (C=O) groups excluding carboxylic acids is 2. The SMILES string of the molecule is O=C1c2cccc3c(N4CCN(C(=S)SCc5ccccc5)CC4)ccc(c23)C(=O)N1Nc1ccccn1. The Balaban J connectivity index is 1.20. The molecule has 6 rings (SSSR count). The summed E-state index contributed by atoms with van der Waals surface area (Å²) in [4.78, 5) is 35.5. The second-order valence-corrected chi connectivity index (χ2v) is 10.8. The average Bonchev–Trinajstić information content (AvgIpc) is 2.97. The molecule has 7 nitrogen and oxygen atoms in total. The van der Waals surface area contributed by atoms with Crippen LogP contribution in [0.1, 0.15) is 26.3 Å². The van der Waals surface area contributed by atoms with E-state index in [4.69, 9.17) is 12.2 Å². The minimum absolute atomic E-state index is 0.387. The molecule has 1 saturated heterocycles. The number of imide groups is 1. The molecule has 3 aromatic carbocycles. The first-order valence-corrected chi connectivity index (χ1v) is 13.8. The van der Waals surface area contributed by atoms with Crippen molar-refractivity contribution in [3.63, 3.8) is 0 Å². The summed E-state index contributed by atoms with van der Waals surface area (Å²) in [7, 11) is 0. The van der Waals surface area contributed by atoms with Gasteiger partial charge in [-0.1, -0.05) is 72.5 Å². The van der Waals surface area contributed by atoms with Crippen LogP contribution in [0.4, 0.5) is 11.5 Å². The molecule has 0 saturated carbocycles. The first kappa shape index (κ1) is 24.4. The van der Waals surface area contributed by atoms with Crippen LogP contribution < -0.4 is 10.3 Å². The van der Waals surface area contributed by atoms with Crippen LogP contribution in [0.5, 0.6) is 0 Å². The number of nitrogens with one attached hydrogen (secondary N) is 1. The first-order valence-electron chi connectivity index (χ1n) is 12.4. The molecule has 0 radical (unpaired) electrons. The van der Waals surface area contributed by atoms with Gasteiger partial charge in [-0.15, -0.1) is 0 Å². The van der Waals surface area contributed by atoms with Crippen molar-refractivity contribution < 1.29 is 9.59 Å². The zero-order valence-electron chi connectivity index (χ0n) is 20.5. The normalized spacial score (nSPS) is 15.2. The van der Waals surface area contributed by atoms with Gasteiger partial charge in [0.25, 0.3) is 11.8 Å². The second-order valence-electron chi connectivity index (χ2n) is 9.15. The number of amides is 2. The fourth-order valence-corrected chi connectivity index (χ4v) is 6.15. The molecule has 38 heavy (non-hydrogen) atoms. The number of anilines is 2. The Bertz CT molecular complexity index is 1500. The number of pyridine rings is 1. The highest BCUT2D eigenvalue weighted by atomic mass is 32.2. The third-order valence-corrected chi connectivity index (χ3v) is 8.45. The van der Waals surface area contributed by atoms with Crippen LogP contribution >= 0.6 is 24.0 Å².